The van der Waals surface area contributed by atoms with Crippen LogP contribution in [0.5, 0.6) is 0 Å². The summed E-state index contributed by atoms with van der Waals surface area (Å²) in [5, 5.41) is 0.144. The summed E-state index contributed by atoms with van der Waals surface area (Å²) in [4.78, 5) is 20.9. The van der Waals surface area contributed by atoms with E-state index in [0.29, 0.717) is 16.8 Å². The fraction of sp³-hybridized carbons (Fsp3) is 0.188. The number of hydrogen-bond donors (Lipinski definition) is 1. The summed E-state index contributed by atoms with van der Waals surface area (Å²) >= 11 is 0. The predicted molar refractivity (Wildman–Crippen MR) is 82.7 cm³/mol. The van der Waals surface area contributed by atoms with Gasteiger partial charge in [0.1, 0.15) is 17.3 Å². The maximum absolute atomic E-state index is 13.8. The molecule has 0 fully saturated rings. The molecule has 1 aromatic carbocycles. The third-order valence-electron chi connectivity index (χ3n) is 3.62. The largest absolute Gasteiger partial charge is 0.324 e. The average Bonchev–Trinajstić information content (AvgIpc) is 2.51. The number of halogens is 2. The van der Waals surface area contributed by atoms with E-state index in [1.807, 2.05) is 0 Å². The van der Waals surface area contributed by atoms with Crippen LogP contribution in [0.2, 0.25) is 0 Å². The first-order valence-electron chi connectivity index (χ1n) is 6.96. The van der Waals surface area contributed by atoms with Crippen LogP contribution in [-0.2, 0) is 7.05 Å². The molecule has 0 spiro atoms. The van der Waals surface area contributed by atoms with Crippen molar-refractivity contribution in [2.45, 2.75) is 13.0 Å². The maximum atomic E-state index is 13.8. The Morgan fingerprint density at radius 1 is 1.22 bits per heavy atom. The molecular formula is C16H14F2N4O. The summed E-state index contributed by atoms with van der Waals surface area (Å²) in [5.74, 6) is -0.773. The Morgan fingerprint density at radius 2 is 1.96 bits per heavy atom. The van der Waals surface area contributed by atoms with E-state index in [4.69, 9.17) is 5.73 Å². The summed E-state index contributed by atoms with van der Waals surface area (Å²) in [6.07, 6.45) is 1.04. The van der Waals surface area contributed by atoms with Gasteiger partial charge in [0.05, 0.1) is 17.1 Å². The third-order valence-corrected chi connectivity index (χ3v) is 3.62. The Bertz CT molecular complexity index is 949. The average molecular weight is 316 g/mol. The molecule has 0 amide bonds. The van der Waals surface area contributed by atoms with Crippen LogP contribution in [0.25, 0.3) is 22.4 Å². The van der Waals surface area contributed by atoms with E-state index in [1.165, 1.54) is 29.8 Å². The number of nitrogens with two attached hydrogens (primary N) is 1. The molecule has 0 aliphatic rings. The van der Waals surface area contributed by atoms with Crippen molar-refractivity contribution in [3.63, 3.8) is 0 Å². The lowest BCUT2D eigenvalue weighted by Gasteiger charge is -2.13. The number of rotatable bonds is 2. The number of hydrogen-bond acceptors (Lipinski definition) is 4. The zero-order valence-corrected chi connectivity index (χ0v) is 12.5. The van der Waals surface area contributed by atoms with Gasteiger partial charge in [-0.05, 0) is 36.8 Å². The van der Waals surface area contributed by atoms with Gasteiger partial charge in [0.15, 0.2) is 5.82 Å². The normalized spacial score (nSPS) is 12.6. The molecule has 0 saturated heterocycles. The van der Waals surface area contributed by atoms with Crippen LogP contribution < -0.4 is 11.3 Å². The van der Waals surface area contributed by atoms with Crippen molar-refractivity contribution in [3.05, 3.63) is 58.0 Å². The lowest BCUT2D eigenvalue weighted by molar-refractivity contribution is 0.621. The first kappa shape index (κ1) is 15.2. The molecule has 7 heteroatoms. The Morgan fingerprint density at radius 3 is 2.57 bits per heavy atom. The summed E-state index contributed by atoms with van der Waals surface area (Å²) in [5.41, 5.74) is 6.54. The van der Waals surface area contributed by atoms with Gasteiger partial charge in [0.2, 0.25) is 0 Å². The highest BCUT2D eigenvalue weighted by Crippen LogP contribution is 2.23. The minimum absolute atomic E-state index is 0.144. The van der Waals surface area contributed by atoms with Crippen molar-refractivity contribution in [1.82, 2.24) is 14.5 Å². The van der Waals surface area contributed by atoms with Crippen molar-refractivity contribution < 1.29 is 8.78 Å². The van der Waals surface area contributed by atoms with Gasteiger partial charge in [-0.25, -0.2) is 18.7 Å². The predicted octanol–water partition coefficient (Wildman–Crippen LogP) is 2.29. The highest BCUT2D eigenvalue weighted by molar-refractivity contribution is 5.83. The van der Waals surface area contributed by atoms with Gasteiger partial charge in [0.25, 0.3) is 5.56 Å². The standard InChI is InChI=1S/C16H14F2N4O/c1-8(19)11-5-10(18)6-12-14(11)21-15(22(2)16(12)23)13-4-3-9(17)7-20-13/h3-8H,19H2,1-2H3. The van der Waals surface area contributed by atoms with E-state index in [9.17, 15) is 13.6 Å². The molecule has 0 saturated carbocycles. The topological polar surface area (TPSA) is 73.8 Å². The van der Waals surface area contributed by atoms with Crippen LogP contribution in [0, 0.1) is 11.6 Å². The van der Waals surface area contributed by atoms with Gasteiger partial charge in [-0.3, -0.25) is 9.36 Å². The Hall–Kier alpha value is -2.67. The number of benzene rings is 1. The zero-order valence-electron chi connectivity index (χ0n) is 12.5. The molecule has 23 heavy (non-hydrogen) atoms. The SMILES string of the molecule is CC(N)c1cc(F)cc2c(=O)n(C)c(-c3ccc(F)cn3)nc12. The highest BCUT2D eigenvalue weighted by Gasteiger charge is 2.17. The molecular weight excluding hydrogens is 302 g/mol. The molecule has 0 aliphatic carbocycles. The van der Waals surface area contributed by atoms with E-state index in [2.05, 4.69) is 9.97 Å². The molecule has 2 aromatic heterocycles. The fourth-order valence-electron chi connectivity index (χ4n) is 2.45. The summed E-state index contributed by atoms with van der Waals surface area (Å²) < 4.78 is 28.0. The van der Waals surface area contributed by atoms with Gasteiger partial charge in [-0.1, -0.05) is 0 Å². The van der Waals surface area contributed by atoms with Gasteiger partial charge in [-0.15, -0.1) is 0 Å². The first-order valence-corrected chi connectivity index (χ1v) is 6.96. The molecule has 1 unspecified atom stereocenters. The monoisotopic (exact) mass is 316 g/mol. The van der Waals surface area contributed by atoms with Crippen LogP contribution in [0.3, 0.4) is 0 Å². The maximum Gasteiger partial charge on any atom is 0.261 e. The van der Waals surface area contributed by atoms with Crippen LogP contribution in [0.15, 0.2) is 35.3 Å². The van der Waals surface area contributed by atoms with Crippen molar-refractivity contribution >= 4 is 10.9 Å². The van der Waals surface area contributed by atoms with Gasteiger partial charge >= 0.3 is 0 Å². The number of pyridine rings is 1. The summed E-state index contributed by atoms with van der Waals surface area (Å²) in [6, 6.07) is 4.56. The van der Waals surface area contributed by atoms with Crippen LogP contribution >= 0.6 is 0 Å². The second-order valence-electron chi connectivity index (χ2n) is 5.34. The molecule has 0 radical (unpaired) electrons. The van der Waals surface area contributed by atoms with Crippen molar-refractivity contribution in [2.24, 2.45) is 12.8 Å². The van der Waals surface area contributed by atoms with E-state index < -0.39 is 23.2 Å². The van der Waals surface area contributed by atoms with E-state index in [-0.39, 0.29) is 11.2 Å². The van der Waals surface area contributed by atoms with Crippen LogP contribution in [0.1, 0.15) is 18.5 Å². The van der Waals surface area contributed by atoms with E-state index in [1.54, 1.807) is 6.92 Å². The molecule has 3 rings (SSSR count). The summed E-state index contributed by atoms with van der Waals surface area (Å²) in [6.45, 7) is 1.68. The van der Waals surface area contributed by atoms with E-state index in [0.717, 1.165) is 12.3 Å². The van der Waals surface area contributed by atoms with E-state index >= 15 is 0 Å². The Kier molecular flexibility index (Phi) is 3.65. The Balaban J connectivity index is 2.39. The quantitative estimate of drug-likeness (QED) is 0.787. The zero-order chi connectivity index (χ0) is 16.7. The molecule has 5 nitrogen and oxygen atoms in total. The second-order valence-corrected chi connectivity index (χ2v) is 5.34. The number of fused-ring (bicyclic) bond motifs is 1. The lowest BCUT2D eigenvalue weighted by Crippen LogP contribution is -2.22. The number of aromatic nitrogens is 3. The van der Waals surface area contributed by atoms with Crippen molar-refractivity contribution in [3.8, 4) is 11.5 Å². The molecule has 0 aliphatic heterocycles. The van der Waals surface area contributed by atoms with Crippen molar-refractivity contribution in [1.29, 1.82) is 0 Å². The molecule has 0 bridgehead atoms. The summed E-state index contributed by atoms with van der Waals surface area (Å²) in [7, 11) is 1.51. The number of nitrogens with zero attached hydrogens (tertiary/aromatic N) is 3. The minimum atomic E-state index is -0.545. The van der Waals surface area contributed by atoms with Crippen molar-refractivity contribution in [2.75, 3.05) is 0 Å². The molecule has 3 aromatic rings. The molecule has 2 N–H and O–H groups in total. The van der Waals surface area contributed by atoms with Gasteiger partial charge < -0.3 is 5.73 Å². The van der Waals surface area contributed by atoms with Crippen LogP contribution in [0.4, 0.5) is 8.78 Å². The smallest absolute Gasteiger partial charge is 0.261 e. The van der Waals surface area contributed by atoms with Gasteiger partial charge in [0, 0.05) is 13.1 Å². The fourth-order valence-corrected chi connectivity index (χ4v) is 2.45. The van der Waals surface area contributed by atoms with Gasteiger partial charge in [-0.2, -0.15) is 0 Å². The second kappa shape index (κ2) is 5.51. The Labute approximate surface area is 130 Å². The third kappa shape index (κ3) is 2.59. The molecule has 1 atom stereocenters. The first-order chi connectivity index (χ1) is 10.9. The lowest BCUT2D eigenvalue weighted by atomic mass is 10.0. The molecule has 2 heterocycles. The van der Waals surface area contributed by atoms with Crippen LogP contribution in [-0.4, -0.2) is 14.5 Å². The molecule has 118 valence electrons. The highest BCUT2D eigenvalue weighted by atomic mass is 19.1. The minimum Gasteiger partial charge on any atom is -0.324 e.